The van der Waals surface area contributed by atoms with Gasteiger partial charge in [0.1, 0.15) is 0 Å². The number of hydrogen-bond acceptors (Lipinski definition) is 3. The van der Waals surface area contributed by atoms with Crippen molar-refractivity contribution in [2.24, 2.45) is 17.6 Å². The van der Waals surface area contributed by atoms with Crippen molar-refractivity contribution in [2.45, 2.75) is 58.5 Å². The molecule has 0 spiro atoms. The third kappa shape index (κ3) is 2.34. The van der Waals surface area contributed by atoms with Crippen molar-refractivity contribution in [1.82, 2.24) is 9.55 Å². The first-order chi connectivity index (χ1) is 9.60. The monoisotopic (exact) mass is 276 g/mol. The summed E-state index contributed by atoms with van der Waals surface area (Å²) in [5, 5.41) is 0. The fourth-order valence-electron chi connectivity index (χ4n) is 3.90. The molecule has 3 unspecified atom stereocenters. The Labute approximate surface area is 122 Å². The molecule has 1 saturated heterocycles. The minimum absolute atomic E-state index is 0.395. The molecule has 112 valence electrons. The van der Waals surface area contributed by atoms with Crippen LogP contribution in [0.3, 0.4) is 0 Å². The molecule has 3 rings (SSSR count). The molecule has 4 nitrogen and oxygen atoms in total. The lowest BCUT2D eigenvalue weighted by atomic mass is 9.78. The van der Waals surface area contributed by atoms with Crippen molar-refractivity contribution >= 4 is 5.95 Å². The van der Waals surface area contributed by atoms with Crippen LogP contribution in [-0.4, -0.2) is 28.7 Å². The predicted molar refractivity (Wildman–Crippen MR) is 83.0 cm³/mol. The molecule has 2 N–H and O–H groups in total. The van der Waals surface area contributed by atoms with Crippen molar-refractivity contribution in [2.75, 3.05) is 18.0 Å². The van der Waals surface area contributed by atoms with E-state index in [-0.39, 0.29) is 0 Å². The Kier molecular flexibility index (Phi) is 3.76. The highest BCUT2D eigenvalue weighted by Crippen LogP contribution is 2.37. The van der Waals surface area contributed by atoms with E-state index in [4.69, 9.17) is 10.7 Å². The van der Waals surface area contributed by atoms with Gasteiger partial charge in [0.05, 0.1) is 5.69 Å². The molecule has 1 aliphatic heterocycles. The summed E-state index contributed by atoms with van der Waals surface area (Å²) < 4.78 is 2.34. The highest BCUT2D eigenvalue weighted by molar-refractivity contribution is 5.37. The van der Waals surface area contributed by atoms with Crippen LogP contribution in [-0.2, 0) is 6.42 Å². The zero-order valence-corrected chi connectivity index (χ0v) is 13.0. The first kappa shape index (κ1) is 13.9. The molecule has 20 heavy (non-hydrogen) atoms. The summed E-state index contributed by atoms with van der Waals surface area (Å²) in [7, 11) is 0. The number of nitrogens with zero attached hydrogens (tertiary/aromatic N) is 3. The molecule has 1 saturated carbocycles. The highest BCUT2D eigenvalue weighted by atomic mass is 15.3. The smallest absolute Gasteiger partial charge is 0.205 e. The largest absolute Gasteiger partial charge is 0.342 e. The standard InChI is InChI=1S/C16H28N4/c1-4-13-9-20(11(2)3)16(18-13)19-8-12-6-5-7-15(17)14(12)10-19/h9,11-12,14-15H,4-8,10,17H2,1-3H3. The molecule has 1 aromatic heterocycles. The van der Waals surface area contributed by atoms with Gasteiger partial charge in [0.25, 0.3) is 0 Å². The molecule has 0 amide bonds. The lowest BCUT2D eigenvalue weighted by Gasteiger charge is -2.29. The molecule has 1 aliphatic carbocycles. The number of hydrogen-bond donors (Lipinski definition) is 1. The molecule has 0 aromatic carbocycles. The second kappa shape index (κ2) is 5.40. The Bertz CT molecular complexity index is 465. The van der Waals surface area contributed by atoms with Crippen LogP contribution < -0.4 is 10.6 Å². The number of imidazole rings is 1. The topological polar surface area (TPSA) is 47.1 Å². The van der Waals surface area contributed by atoms with E-state index in [1.54, 1.807) is 0 Å². The van der Waals surface area contributed by atoms with Gasteiger partial charge in [-0.3, -0.25) is 0 Å². The Morgan fingerprint density at radius 2 is 2.15 bits per heavy atom. The summed E-state index contributed by atoms with van der Waals surface area (Å²) >= 11 is 0. The first-order valence-electron chi connectivity index (χ1n) is 8.18. The van der Waals surface area contributed by atoms with Crippen LogP contribution in [0, 0.1) is 11.8 Å². The van der Waals surface area contributed by atoms with Gasteiger partial charge in [0.15, 0.2) is 0 Å². The lowest BCUT2D eigenvalue weighted by Crippen LogP contribution is -2.38. The molecular formula is C16H28N4. The van der Waals surface area contributed by atoms with E-state index in [1.807, 2.05) is 0 Å². The van der Waals surface area contributed by atoms with Crippen LogP contribution in [0.4, 0.5) is 5.95 Å². The van der Waals surface area contributed by atoms with Gasteiger partial charge in [0, 0.05) is 31.4 Å². The Morgan fingerprint density at radius 3 is 2.80 bits per heavy atom. The molecule has 0 radical (unpaired) electrons. The quantitative estimate of drug-likeness (QED) is 0.923. The lowest BCUT2D eigenvalue weighted by molar-refractivity contribution is 0.260. The Morgan fingerprint density at radius 1 is 1.35 bits per heavy atom. The number of aryl methyl sites for hydroxylation is 1. The van der Waals surface area contributed by atoms with Gasteiger partial charge < -0.3 is 15.2 Å². The maximum absolute atomic E-state index is 6.34. The maximum Gasteiger partial charge on any atom is 0.205 e. The van der Waals surface area contributed by atoms with Crippen molar-refractivity contribution < 1.29 is 0 Å². The summed E-state index contributed by atoms with van der Waals surface area (Å²) in [5.41, 5.74) is 7.54. The average Bonchev–Trinajstić information content (AvgIpc) is 3.02. The second-order valence-electron chi connectivity index (χ2n) is 6.81. The van der Waals surface area contributed by atoms with Crippen LogP contribution in [0.1, 0.15) is 51.8 Å². The minimum atomic E-state index is 0.395. The van der Waals surface area contributed by atoms with Crippen LogP contribution in [0.15, 0.2) is 6.20 Å². The van der Waals surface area contributed by atoms with Gasteiger partial charge in [-0.15, -0.1) is 0 Å². The van der Waals surface area contributed by atoms with E-state index >= 15 is 0 Å². The van der Waals surface area contributed by atoms with Crippen LogP contribution in [0.2, 0.25) is 0 Å². The summed E-state index contributed by atoms with van der Waals surface area (Å²) in [6, 6.07) is 0.862. The fourth-order valence-corrected chi connectivity index (χ4v) is 3.90. The van der Waals surface area contributed by atoms with Crippen molar-refractivity contribution in [3.63, 3.8) is 0 Å². The third-order valence-corrected chi connectivity index (χ3v) is 5.12. The maximum atomic E-state index is 6.34. The molecule has 2 heterocycles. The molecule has 4 heteroatoms. The number of fused-ring (bicyclic) bond motifs is 1. The normalized spacial score (nSPS) is 30.1. The van der Waals surface area contributed by atoms with E-state index in [0.717, 1.165) is 25.4 Å². The SMILES string of the molecule is CCc1cn(C(C)C)c(N2CC3CCCC(N)C3C2)n1. The summed E-state index contributed by atoms with van der Waals surface area (Å²) in [6.07, 6.45) is 7.08. The summed E-state index contributed by atoms with van der Waals surface area (Å²) in [5.74, 6) is 2.62. The first-order valence-corrected chi connectivity index (χ1v) is 8.18. The number of aromatic nitrogens is 2. The number of rotatable bonds is 3. The van der Waals surface area contributed by atoms with Crippen LogP contribution in [0.5, 0.6) is 0 Å². The molecule has 0 bridgehead atoms. The summed E-state index contributed by atoms with van der Waals surface area (Å²) in [6.45, 7) is 8.89. The minimum Gasteiger partial charge on any atom is -0.342 e. The van der Waals surface area contributed by atoms with Gasteiger partial charge >= 0.3 is 0 Å². The van der Waals surface area contributed by atoms with E-state index in [9.17, 15) is 0 Å². The van der Waals surface area contributed by atoms with Crippen molar-refractivity contribution in [1.29, 1.82) is 0 Å². The van der Waals surface area contributed by atoms with Gasteiger partial charge in [-0.25, -0.2) is 4.98 Å². The van der Waals surface area contributed by atoms with Gasteiger partial charge in [-0.05, 0) is 44.9 Å². The van der Waals surface area contributed by atoms with E-state index < -0.39 is 0 Å². The van der Waals surface area contributed by atoms with Gasteiger partial charge in [0.2, 0.25) is 5.95 Å². The second-order valence-corrected chi connectivity index (χ2v) is 6.81. The Balaban J connectivity index is 1.85. The van der Waals surface area contributed by atoms with Crippen molar-refractivity contribution in [3.8, 4) is 0 Å². The molecule has 2 aliphatic rings. The molecule has 1 aromatic rings. The summed E-state index contributed by atoms with van der Waals surface area (Å²) in [4.78, 5) is 7.35. The third-order valence-electron chi connectivity index (χ3n) is 5.12. The number of anilines is 1. The van der Waals surface area contributed by atoms with Gasteiger partial charge in [-0.2, -0.15) is 0 Å². The predicted octanol–water partition coefficient (Wildman–Crippen LogP) is 2.59. The molecule has 2 fully saturated rings. The number of nitrogens with two attached hydrogens (primary N) is 1. The average molecular weight is 276 g/mol. The zero-order valence-electron chi connectivity index (χ0n) is 13.0. The molecular weight excluding hydrogens is 248 g/mol. The highest BCUT2D eigenvalue weighted by Gasteiger charge is 2.40. The zero-order chi connectivity index (χ0) is 14.3. The van der Waals surface area contributed by atoms with Crippen LogP contribution >= 0.6 is 0 Å². The van der Waals surface area contributed by atoms with Gasteiger partial charge in [-0.1, -0.05) is 13.3 Å². The van der Waals surface area contributed by atoms with Crippen LogP contribution in [0.25, 0.3) is 0 Å². The molecule has 3 atom stereocenters. The van der Waals surface area contributed by atoms with Crippen molar-refractivity contribution in [3.05, 3.63) is 11.9 Å². The Hall–Kier alpha value is -1.03. The van der Waals surface area contributed by atoms with E-state index in [2.05, 4.69) is 36.4 Å². The fraction of sp³-hybridized carbons (Fsp3) is 0.812. The van der Waals surface area contributed by atoms with E-state index in [0.29, 0.717) is 18.0 Å². The van der Waals surface area contributed by atoms with E-state index in [1.165, 1.54) is 30.9 Å².